The van der Waals surface area contributed by atoms with Crippen LogP contribution in [0.3, 0.4) is 0 Å². The summed E-state index contributed by atoms with van der Waals surface area (Å²) in [4.78, 5) is 11.1. The van der Waals surface area contributed by atoms with Gasteiger partial charge in [-0.25, -0.2) is 0 Å². The molecule has 0 aromatic rings. The largest absolute Gasteiger partial charge is 0.352 e. The van der Waals surface area contributed by atoms with Gasteiger partial charge in [0.25, 0.3) is 0 Å². The summed E-state index contributed by atoms with van der Waals surface area (Å²) < 4.78 is 0. The van der Waals surface area contributed by atoms with Crippen LogP contribution in [0, 0.1) is 11.3 Å². The highest BCUT2D eigenvalue weighted by atomic mass is 16.1. The molecule has 0 aromatic heterocycles. The van der Waals surface area contributed by atoms with Crippen LogP contribution in [-0.2, 0) is 4.79 Å². The topological polar surface area (TPSA) is 52.9 Å². The van der Waals surface area contributed by atoms with Gasteiger partial charge in [-0.1, -0.05) is 25.7 Å². The molecule has 1 aliphatic carbocycles. The van der Waals surface area contributed by atoms with Gasteiger partial charge in [-0.2, -0.15) is 5.26 Å². The summed E-state index contributed by atoms with van der Waals surface area (Å²) in [6.07, 6.45) is 7.13. The molecule has 1 aliphatic rings. The molecule has 0 saturated heterocycles. The molecule has 1 amide bonds. The van der Waals surface area contributed by atoms with E-state index < -0.39 is 0 Å². The van der Waals surface area contributed by atoms with E-state index in [9.17, 15) is 4.79 Å². The maximum Gasteiger partial charge on any atom is 0.234 e. The van der Waals surface area contributed by atoms with Gasteiger partial charge in [0.1, 0.15) is 6.42 Å². The second-order valence-corrected chi connectivity index (χ2v) is 3.59. The van der Waals surface area contributed by atoms with Crippen molar-refractivity contribution in [1.82, 2.24) is 5.32 Å². The first-order chi connectivity index (χ1) is 6.33. The first kappa shape index (κ1) is 10.0. The van der Waals surface area contributed by atoms with E-state index in [0.29, 0.717) is 6.04 Å². The minimum atomic E-state index is -0.116. The van der Waals surface area contributed by atoms with Crippen molar-refractivity contribution >= 4 is 5.91 Å². The monoisotopic (exact) mass is 180 g/mol. The van der Waals surface area contributed by atoms with Gasteiger partial charge >= 0.3 is 0 Å². The number of nitrogens with one attached hydrogen (secondary N) is 1. The van der Waals surface area contributed by atoms with E-state index >= 15 is 0 Å². The van der Waals surface area contributed by atoms with Crippen LogP contribution in [-0.4, -0.2) is 11.9 Å². The predicted octanol–water partition coefficient (Wildman–Crippen LogP) is 1.74. The number of nitriles is 1. The average Bonchev–Trinajstić information content (AvgIpc) is 2.33. The molecular formula is C10H16N2O. The van der Waals surface area contributed by atoms with E-state index in [1.54, 1.807) is 0 Å². The summed E-state index contributed by atoms with van der Waals surface area (Å²) in [5, 5.41) is 11.2. The van der Waals surface area contributed by atoms with Crippen molar-refractivity contribution in [1.29, 1.82) is 5.26 Å². The lowest BCUT2D eigenvalue weighted by Gasteiger charge is -2.14. The van der Waals surface area contributed by atoms with Gasteiger partial charge in [0.05, 0.1) is 6.07 Å². The van der Waals surface area contributed by atoms with Gasteiger partial charge in [-0.15, -0.1) is 0 Å². The summed E-state index contributed by atoms with van der Waals surface area (Å²) in [6.45, 7) is 0. The van der Waals surface area contributed by atoms with Gasteiger partial charge < -0.3 is 5.32 Å². The lowest BCUT2D eigenvalue weighted by atomic mass is 10.1. The van der Waals surface area contributed by atoms with Crippen LogP contribution in [0.25, 0.3) is 0 Å². The molecule has 72 valence electrons. The van der Waals surface area contributed by atoms with E-state index in [1.807, 2.05) is 6.07 Å². The Kier molecular flexibility index (Phi) is 4.31. The van der Waals surface area contributed by atoms with Crippen LogP contribution < -0.4 is 5.32 Å². The zero-order chi connectivity index (χ0) is 9.52. The summed E-state index contributed by atoms with van der Waals surface area (Å²) >= 11 is 0. The number of carbonyl (C=O) groups excluding carboxylic acids is 1. The molecule has 0 unspecified atom stereocenters. The van der Waals surface area contributed by atoms with Crippen LogP contribution in [0.15, 0.2) is 0 Å². The van der Waals surface area contributed by atoms with Gasteiger partial charge in [0.2, 0.25) is 5.91 Å². The van der Waals surface area contributed by atoms with E-state index in [1.165, 1.54) is 25.7 Å². The smallest absolute Gasteiger partial charge is 0.234 e. The molecule has 0 spiro atoms. The molecule has 1 N–H and O–H groups in total. The third-order valence-corrected chi connectivity index (χ3v) is 2.46. The Labute approximate surface area is 79.1 Å². The first-order valence-corrected chi connectivity index (χ1v) is 4.99. The van der Waals surface area contributed by atoms with Gasteiger partial charge in [-0.3, -0.25) is 4.79 Å². The lowest BCUT2D eigenvalue weighted by Crippen LogP contribution is -2.33. The van der Waals surface area contributed by atoms with Crippen molar-refractivity contribution in [3.63, 3.8) is 0 Å². The molecule has 3 heteroatoms. The average molecular weight is 180 g/mol. The highest BCUT2D eigenvalue weighted by Gasteiger charge is 2.13. The zero-order valence-electron chi connectivity index (χ0n) is 7.88. The third kappa shape index (κ3) is 3.93. The van der Waals surface area contributed by atoms with Crippen LogP contribution >= 0.6 is 0 Å². The molecule has 0 radical (unpaired) electrons. The molecule has 0 aliphatic heterocycles. The van der Waals surface area contributed by atoms with Crippen molar-refractivity contribution in [2.24, 2.45) is 0 Å². The Bertz CT molecular complexity index is 199. The third-order valence-electron chi connectivity index (χ3n) is 2.46. The summed E-state index contributed by atoms with van der Waals surface area (Å²) in [7, 11) is 0. The van der Waals surface area contributed by atoms with Gasteiger partial charge in [0, 0.05) is 6.04 Å². The Morgan fingerprint density at radius 2 is 1.92 bits per heavy atom. The van der Waals surface area contributed by atoms with E-state index in [4.69, 9.17) is 5.26 Å². The predicted molar refractivity (Wildman–Crippen MR) is 49.9 cm³/mol. The van der Waals surface area contributed by atoms with Crippen molar-refractivity contribution in [2.45, 2.75) is 51.0 Å². The molecule has 0 atom stereocenters. The van der Waals surface area contributed by atoms with Crippen LogP contribution in [0.5, 0.6) is 0 Å². The number of rotatable bonds is 2. The standard InChI is InChI=1S/C10H16N2O/c11-8-7-10(13)12-9-5-3-1-2-4-6-9/h9H,1-7H2,(H,12,13). The minimum absolute atomic E-state index is 0.00347. The number of nitrogens with zero attached hydrogens (tertiary/aromatic N) is 1. The summed E-state index contributed by atoms with van der Waals surface area (Å²) in [6, 6.07) is 2.18. The fourth-order valence-corrected chi connectivity index (χ4v) is 1.77. The quantitative estimate of drug-likeness (QED) is 0.658. The molecule has 13 heavy (non-hydrogen) atoms. The van der Waals surface area contributed by atoms with Crippen LogP contribution in [0.2, 0.25) is 0 Å². The fourth-order valence-electron chi connectivity index (χ4n) is 1.77. The highest BCUT2D eigenvalue weighted by Crippen LogP contribution is 2.17. The normalized spacial score (nSPS) is 18.7. The first-order valence-electron chi connectivity index (χ1n) is 4.99. The second-order valence-electron chi connectivity index (χ2n) is 3.59. The van der Waals surface area contributed by atoms with E-state index in [2.05, 4.69) is 5.32 Å². The highest BCUT2D eigenvalue weighted by molar-refractivity contribution is 5.78. The Hall–Kier alpha value is -1.04. The molecule has 1 saturated carbocycles. The minimum Gasteiger partial charge on any atom is -0.352 e. The number of hydrogen-bond acceptors (Lipinski definition) is 2. The number of amides is 1. The molecule has 0 aromatic carbocycles. The molecular weight excluding hydrogens is 164 g/mol. The van der Waals surface area contributed by atoms with Crippen LogP contribution in [0.1, 0.15) is 44.9 Å². The number of carbonyl (C=O) groups is 1. The molecule has 1 rings (SSSR count). The molecule has 0 heterocycles. The van der Waals surface area contributed by atoms with Gasteiger partial charge in [0.15, 0.2) is 0 Å². The Morgan fingerprint density at radius 1 is 1.31 bits per heavy atom. The molecule has 0 bridgehead atoms. The van der Waals surface area contributed by atoms with E-state index in [0.717, 1.165) is 12.8 Å². The molecule has 3 nitrogen and oxygen atoms in total. The van der Waals surface area contributed by atoms with E-state index in [-0.39, 0.29) is 12.3 Å². The van der Waals surface area contributed by atoms with Crippen molar-refractivity contribution in [2.75, 3.05) is 0 Å². The maximum absolute atomic E-state index is 11.1. The Morgan fingerprint density at radius 3 is 2.46 bits per heavy atom. The number of hydrogen-bond donors (Lipinski definition) is 1. The summed E-state index contributed by atoms with van der Waals surface area (Å²) in [5.74, 6) is -0.116. The SMILES string of the molecule is N#CCC(=O)NC1CCCCCC1. The lowest BCUT2D eigenvalue weighted by molar-refractivity contribution is -0.120. The fraction of sp³-hybridized carbons (Fsp3) is 0.800. The zero-order valence-corrected chi connectivity index (χ0v) is 7.88. The maximum atomic E-state index is 11.1. The molecule has 1 fully saturated rings. The second kappa shape index (κ2) is 5.58. The van der Waals surface area contributed by atoms with Crippen LogP contribution in [0.4, 0.5) is 0 Å². The van der Waals surface area contributed by atoms with Crippen molar-refractivity contribution < 1.29 is 4.79 Å². The Balaban J connectivity index is 2.26. The van der Waals surface area contributed by atoms with Crippen molar-refractivity contribution in [3.05, 3.63) is 0 Å². The summed E-state index contributed by atoms with van der Waals surface area (Å²) in [5.41, 5.74) is 0. The van der Waals surface area contributed by atoms with Gasteiger partial charge in [-0.05, 0) is 12.8 Å². The van der Waals surface area contributed by atoms with Crippen molar-refractivity contribution in [3.8, 4) is 6.07 Å².